The van der Waals surface area contributed by atoms with Gasteiger partial charge in [-0.1, -0.05) is 6.92 Å². The standard InChI is InChI=1S/C17H35N5S/c1-15(13-22-9-7-21(4)8-10-22)12-19-16(18-3)20-14-17(2)6-5-11-23-17/h15H,5-14H2,1-4H3,(H2,18,19,20). The Hall–Kier alpha value is -0.460. The van der Waals surface area contributed by atoms with Crippen molar-refractivity contribution < 1.29 is 0 Å². The topological polar surface area (TPSA) is 42.9 Å². The second-order valence-electron chi connectivity index (χ2n) is 7.42. The first-order chi connectivity index (χ1) is 11.0. The molecule has 0 radical (unpaired) electrons. The van der Waals surface area contributed by atoms with Crippen molar-refractivity contribution in [2.24, 2.45) is 10.9 Å². The first kappa shape index (κ1) is 18.9. The van der Waals surface area contributed by atoms with E-state index >= 15 is 0 Å². The largest absolute Gasteiger partial charge is 0.356 e. The van der Waals surface area contributed by atoms with E-state index in [1.807, 2.05) is 7.05 Å². The number of guanidine groups is 1. The third-order valence-corrected chi connectivity index (χ3v) is 6.48. The highest BCUT2D eigenvalue weighted by molar-refractivity contribution is 8.00. The summed E-state index contributed by atoms with van der Waals surface area (Å²) in [5.74, 6) is 2.88. The third kappa shape index (κ3) is 6.51. The summed E-state index contributed by atoms with van der Waals surface area (Å²) in [6, 6.07) is 0. The molecule has 2 heterocycles. The minimum atomic E-state index is 0.378. The van der Waals surface area contributed by atoms with Gasteiger partial charge in [-0.25, -0.2) is 0 Å². The van der Waals surface area contributed by atoms with E-state index in [0.717, 1.165) is 19.0 Å². The first-order valence-corrected chi connectivity index (χ1v) is 9.99. The Balaban J connectivity index is 1.64. The number of thioether (sulfide) groups is 1. The van der Waals surface area contributed by atoms with Crippen molar-refractivity contribution >= 4 is 17.7 Å². The molecule has 2 saturated heterocycles. The molecule has 134 valence electrons. The number of rotatable bonds is 6. The van der Waals surface area contributed by atoms with E-state index in [9.17, 15) is 0 Å². The Kier molecular flexibility index (Phi) is 7.50. The summed E-state index contributed by atoms with van der Waals surface area (Å²) in [5.41, 5.74) is 0. The highest BCUT2D eigenvalue weighted by atomic mass is 32.2. The van der Waals surface area contributed by atoms with Crippen molar-refractivity contribution in [2.75, 3.05) is 65.7 Å². The molecule has 2 rings (SSSR count). The van der Waals surface area contributed by atoms with Gasteiger partial charge in [0.2, 0.25) is 0 Å². The molecular formula is C17H35N5S. The van der Waals surface area contributed by atoms with Gasteiger partial charge in [-0.2, -0.15) is 11.8 Å². The number of aliphatic imine (C=N–C) groups is 1. The van der Waals surface area contributed by atoms with Crippen LogP contribution in [-0.4, -0.2) is 86.2 Å². The summed E-state index contributed by atoms with van der Waals surface area (Å²) >= 11 is 2.09. The Morgan fingerprint density at radius 3 is 2.61 bits per heavy atom. The fourth-order valence-electron chi connectivity index (χ4n) is 3.27. The number of likely N-dealkylation sites (N-methyl/N-ethyl adjacent to an activating group) is 1. The molecule has 0 aromatic rings. The summed E-state index contributed by atoms with van der Waals surface area (Å²) in [4.78, 5) is 9.37. The lowest BCUT2D eigenvalue weighted by atomic mass is 10.1. The van der Waals surface area contributed by atoms with Crippen molar-refractivity contribution in [1.29, 1.82) is 0 Å². The van der Waals surface area contributed by atoms with Gasteiger partial charge < -0.3 is 20.4 Å². The molecule has 0 bridgehead atoms. The number of piperazine rings is 1. The lowest BCUT2D eigenvalue weighted by Crippen LogP contribution is -2.48. The van der Waals surface area contributed by atoms with Crippen LogP contribution < -0.4 is 10.6 Å². The highest BCUT2D eigenvalue weighted by Crippen LogP contribution is 2.36. The van der Waals surface area contributed by atoms with E-state index in [-0.39, 0.29) is 0 Å². The van der Waals surface area contributed by atoms with E-state index in [2.05, 4.69) is 58.1 Å². The molecule has 6 heteroatoms. The SMILES string of the molecule is CN=C(NCC(C)CN1CCN(C)CC1)NCC1(C)CCCS1. The van der Waals surface area contributed by atoms with Gasteiger partial charge >= 0.3 is 0 Å². The van der Waals surface area contributed by atoms with Crippen LogP contribution in [0.3, 0.4) is 0 Å². The zero-order valence-corrected chi connectivity index (χ0v) is 16.2. The maximum atomic E-state index is 4.37. The van der Waals surface area contributed by atoms with Crippen LogP contribution in [0.2, 0.25) is 0 Å². The zero-order chi connectivity index (χ0) is 16.7. The molecule has 2 N–H and O–H groups in total. The smallest absolute Gasteiger partial charge is 0.191 e. The van der Waals surface area contributed by atoms with Crippen molar-refractivity contribution in [3.05, 3.63) is 0 Å². The predicted molar refractivity (Wildman–Crippen MR) is 103 cm³/mol. The van der Waals surface area contributed by atoms with Crippen LogP contribution in [0.1, 0.15) is 26.7 Å². The van der Waals surface area contributed by atoms with E-state index in [4.69, 9.17) is 0 Å². The van der Waals surface area contributed by atoms with E-state index in [0.29, 0.717) is 10.7 Å². The first-order valence-electron chi connectivity index (χ1n) is 9.00. The maximum absolute atomic E-state index is 4.37. The van der Waals surface area contributed by atoms with E-state index < -0.39 is 0 Å². The second kappa shape index (κ2) is 9.14. The Morgan fingerprint density at radius 1 is 1.26 bits per heavy atom. The van der Waals surface area contributed by atoms with Crippen LogP contribution in [-0.2, 0) is 0 Å². The van der Waals surface area contributed by atoms with Gasteiger partial charge in [-0.3, -0.25) is 4.99 Å². The Labute approximate surface area is 146 Å². The molecule has 2 fully saturated rings. The molecule has 0 aromatic carbocycles. The summed E-state index contributed by atoms with van der Waals surface area (Å²) in [5, 5.41) is 7.02. The van der Waals surface area contributed by atoms with Crippen molar-refractivity contribution in [2.45, 2.75) is 31.4 Å². The summed E-state index contributed by atoms with van der Waals surface area (Å²) in [6.45, 7) is 12.6. The summed E-state index contributed by atoms with van der Waals surface area (Å²) in [6.07, 6.45) is 2.65. The van der Waals surface area contributed by atoms with Gasteiger partial charge in [0, 0.05) is 57.6 Å². The molecule has 2 unspecified atom stereocenters. The quantitative estimate of drug-likeness (QED) is 0.563. The highest BCUT2D eigenvalue weighted by Gasteiger charge is 2.29. The zero-order valence-electron chi connectivity index (χ0n) is 15.4. The average molecular weight is 342 g/mol. The predicted octanol–water partition coefficient (Wildman–Crippen LogP) is 1.32. The van der Waals surface area contributed by atoms with Gasteiger partial charge in [0.1, 0.15) is 0 Å². The maximum Gasteiger partial charge on any atom is 0.191 e. The molecule has 2 aliphatic heterocycles. The molecular weight excluding hydrogens is 306 g/mol. The molecule has 5 nitrogen and oxygen atoms in total. The van der Waals surface area contributed by atoms with Gasteiger partial charge in [0.15, 0.2) is 5.96 Å². The van der Waals surface area contributed by atoms with Crippen LogP contribution in [0.4, 0.5) is 0 Å². The molecule has 0 saturated carbocycles. The van der Waals surface area contributed by atoms with Crippen LogP contribution >= 0.6 is 11.8 Å². The summed E-state index contributed by atoms with van der Waals surface area (Å²) in [7, 11) is 4.08. The minimum absolute atomic E-state index is 0.378. The third-order valence-electron chi connectivity index (χ3n) is 4.94. The molecule has 2 aliphatic rings. The Bertz CT molecular complexity index is 373. The molecule has 0 aliphatic carbocycles. The molecule has 0 aromatic heterocycles. The van der Waals surface area contributed by atoms with Gasteiger partial charge in [0.05, 0.1) is 0 Å². The van der Waals surface area contributed by atoms with Crippen LogP contribution in [0.25, 0.3) is 0 Å². The van der Waals surface area contributed by atoms with E-state index in [1.165, 1.54) is 51.3 Å². The lowest BCUT2D eigenvalue weighted by molar-refractivity contribution is 0.139. The Morgan fingerprint density at radius 2 is 2.00 bits per heavy atom. The second-order valence-corrected chi connectivity index (χ2v) is 9.10. The van der Waals surface area contributed by atoms with E-state index in [1.54, 1.807) is 0 Å². The number of nitrogens with one attached hydrogen (secondary N) is 2. The van der Waals surface area contributed by atoms with Gasteiger partial charge in [-0.15, -0.1) is 0 Å². The fourth-order valence-corrected chi connectivity index (χ4v) is 4.52. The fraction of sp³-hybridized carbons (Fsp3) is 0.941. The van der Waals surface area contributed by atoms with Gasteiger partial charge in [0.25, 0.3) is 0 Å². The van der Waals surface area contributed by atoms with Crippen molar-refractivity contribution in [1.82, 2.24) is 20.4 Å². The summed E-state index contributed by atoms with van der Waals surface area (Å²) < 4.78 is 0.378. The minimum Gasteiger partial charge on any atom is -0.356 e. The van der Waals surface area contributed by atoms with Crippen LogP contribution in [0.15, 0.2) is 4.99 Å². The van der Waals surface area contributed by atoms with Crippen molar-refractivity contribution in [3.63, 3.8) is 0 Å². The lowest BCUT2D eigenvalue weighted by Gasteiger charge is -2.34. The average Bonchev–Trinajstić information content (AvgIpc) is 2.97. The van der Waals surface area contributed by atoms with Crippen molar-refractivity contribution in [3.8, 4) is 0 Å². The molecule has 0 amide bonds. The number of hydrogen-bond acceptors (Lipinski definition) is 4. The van der Waals surface area contributed by atoms with Crippen LogP contribution in [0.5, 0.6) is 0 Å². The van der Waals surface area contributed by atoms with Gasteiger partial charge in [-0.05, 0) is 38.5 Å². The monoisotopic (exact) mass is 341 g/mol. The molecule has 2 atom stereocenters. The number of hydrogen-bond donors (Lipinski definition) is 2. The normalized spacial score (nSPS) is 28.8. The molecule has 23 heavy (non-hydrogen) atoms. The number of nitrogens with zero attached hydrogens (tertiary/aromatic N) is 3. The molecule has 0 spiro atoms. The van der Waals surface area contributed by atoms with Crippen LogP contribution in [0, 0.1) is 5.92 Å².